The van der Waals surface area contributed by atoms with Crippen LogP contribution < -0.4 is 16.6 Å². The summed E-state index contributed by atoms with van der Waals surface area (Å²) in [6, 6.07) is 10.6. The third-order valence-corrected chi connectivity index (χ3v) is 6.60. The molecule has 0 bridgehead atoms. The maximum atomic E-state index is 14.9. The van der Waals surface area contributed by atoms with Crippen molar-refractivity contribution in [3.05, 3.63) is 70.5 Å². The number of hydrogen-bond donors (Lipinski definition) is 2. The summed E-state index contributed by atoms with van der Waals surface area (Å²) < 4.78 is 22.1. The van der Waals surface area contributed by atoms with Gasteiger partial charge in [0.25, 0.3) is 5.56 Å². The zero-order valence-electron chi connectivity index (χ0n) is 20.4. The summed E-state index contributed by atoms with van der Waals surface area (Å²) in [7, 11) is 0. The van der Waals surface area contributed by atoms with Gasteiger partial charge in [-0.2, -0.15) is 0 Å². The zero-order chi connectivity index (χ0) is 25.2. The standard InChI is InChI=1S/C27H29FN6O2/c1-3-19(4-2)34-15-17(6-10-25(34)35)23-14-31-27(29)26(32-23)24-12-22(33-36-24)20-9-5-16(11-21(20)28)13-30-18-7-8-18/h5-6,9-12,14-15,18-19,30H,3-4,7-8,13H2,1-2H3,(H2,29,31). The highest BCUT2D eigenvalue weighted by Crippen LogP contribution is 2.31. The number of nitrogens with one attached hydrogen (secondary N) is 1. The van der Waals surface area contributed by atoms with Gasteiger partial charge in [0.2, 0.25) is 0 Å². The monoisotopic (exact) mass is 488 g/mol. The smallest absolute Gasteiger partial charge is 0.250 e. The first-order valence-corrected chi connectivity index (χ1v) is 12.3. The summed E-state index contributed by atoms with van der Waals surface area (Å²) in [6.45, 7) is 4.74. The molecular weight excluding hydrogens is 459 g/mol. The van der Waals surface area contributed by atoms with E-state index in [0.717, 1.165) is 24.0 Å². The van der Waals surface area contributed by atoms with Gasteiger partial charge in [0.1, 0.15) is 11.5 Å². The molecule has 0 aliphatic heterocycles. The van der Waals surface area contributed by atoms with Crippen molar-refractivity contribution in [1.82, 2.24) is 25.0 Å². The number of anilines is 1. The van der Waals surface area contributed by atoms with Gasteiger partial charge in [-0.1, -0.05) is 25.1 Å². The van der Waals surface area contributed by atoms with Gasteiger partial charge in [-0.05, 0) is 49.4 Å². The Labute approximate surface area is 208 Å². The van der Waals surface area contributed by atoms with Crippen LogP contribution in [-0.2, 0) is 6.54 Å². The van der Waals surface area contributed by atoms with Crippen LogP contribution in [0.5, 0.6) is 0 Å². The Kier molecular flexibility index (Phi) is 6.65. The molecule has 4 aromatic rings. The lowest BCUT2D eigenvalue weighted by atomic mass is 10.1. The lowest BCUT2D eigenvalue weighted by Crippen LogP contribution is -2.23. The molecule has 3 aromatic heterocycles. The van der Waals surface area contributed by atoms with E-state index in [-0.39, 0.29) is 29.0 Å². The van der Waals surface area contributed by atoms with E-state index in [1.165, 1.54) is 25.0 Å². The van der Waals surface area contributed by atoms with Gasteiger partial charge in [0.05, 0.1) is 11.9 Å². The zero-order valence-corrected chi connectivity index (χ0v) is 20.4. The van der Waals surface area contributed by atoms with Crippen LogP contribution in [0.2, 0.25) is 0 Å². The Morgan fingerprint density at radius 2 is 1.97 bits per heavy atom. The second kappa shape index (κ2) is 10.0. The number of aromatic nitrogens is 4. The topological polar surface area (TPSA) is 112 Å². The largest absolute Gasteiger partial charge is 0.382 e. The van der Waals surface area contributed by atoms with Crippen molar-refractivity contribution in [2.24, 2.45) is 0 Å². The van der Waals surface area contributed by atoms with Crippen LogP contribution >= 0.6 is 0 Å². The molecule has 0 spiro atoms. The van der Waals surface area contributed by atoms with Gasteiger partial charge in [-0.15, -0.1) is 0 Å². The molecular formula is C27H29FN6O2. The number of benzene rings is 1. The van der Waals surface area contributed by atoms with Crippen LogP contribution in [0.3, 0.4) is 0 Å². The SMILES string of the molecule is CCC(CC)n1cc(-c2cnc(N)c(-c3cc(-c4ccc(CNC5CC5)cc4F)no3)n2)ccc1=O. The highest BCUT2D eigenvalue weighted by atomic mass is 19.1. The van der Waals surface area contributed by atoms with Gasteiger partial charge in [0.15, 0.2) is 17.3 Å². The van der Waals surface area contributed by atoms with Crippen molar-refractivity contribution in [2.75, 3.05) is 5.73 Å². The minimum atomic E-state index is -0.374. The summed E-state index contributed by atoms with van der Waals surface area (Å²) in [5.74, 6) is 0.0715. The van der Waals surface area contributed by atoms with Gasteiger partial charge in [-0.3, -0.25) is 4.79 Å². The summed E-state index contributed by atoms with van der Waals surface area (Å²) in [5, 5.41) is 7.43. The van der Waals surface area contributed by atoms with E-state index in [9.17, 15) is 9.18 Å². The Morgan fingerprint density at radius 1 is 1.17 bits per heavy atom. The molecule has 186 valence electrons. The van der Waals surface area contributed by atoms with Crippen molar-refractivity contribution in [1.29, 1.82) is 0 Å². The van der Waals surface area contributed by atoms with Gasteiger partial charge < -0.3 is 20.1 Å². The molecule has 36 heavy (non-hydrogen) atoms. The van der Waals surface area contributed by atoms with E-state index in [0.29, 0.717) is 35.2 Å². The van der Waals surface area contributed by atoms with E-state index in [1.54, 1.807) is 35.2 Å². The van der Waals surface area contributed by atoms with Gasteiger partial charge in [-0.25, -0.2) is 14.4 Å². The number of rotatable bonds is 9. The molecule has 0 saturated heterocycles. The van der Waals surface area contributed by atoms with Crippen molar-refractivity contribution in [2.45, 2.75) is 58.2 Å². The number of hydrogen-bond acceptors (Lipinski definition) is 7. The maximum Gasteiger partial charge on any atom is 0.250 e. The molecule has 5 rings (SSSR count). The molecule has 1 aliphatic carbocycles. The molecule has 8 nitrogen and oxygen atoms in total. The highest BCUT2D eigenvalue weighted by Gasteiger charge is 2.21. The number of nitrogens with two attached hydrogens (primary N) is 1. The fourth-order valence-electron chi connectivity index (χ4n) is 4.28. The number of halogens is 1. The van der Waals surface area contributed by atoms with E-state index in [1.807, 2.05) is 6.07 Å². The predicted molar refractivity (Wildman–Crippen MR) is 137 cm³/mol. The Balaban J connectivity index is 1.43. The average Bonchev–Trinajstić information content (AvgIpc) is 3.59. The Bertz CT molecular complexity index is 1440. The van der Waals surface area contributed by atoms with Gasteiger partial charge >= 0.3 is 0 Å². The highest BCUT2D eigenvalue weighted by molar-refractivity contribution is 5.73. The van der Waals surface area contributed by atoms with Crippen molar-refractivity contribution in [3.8, 4) is 34.0 Å². The summed E-state index contributed by atoms with van der Waals surface area (Å²) in [5.41, 5.74) is 9.18. The lowest BCUT2D eigenvalue weighted by Gasteiger charge is -2.17. The number of nitrogens with zero attached hydrogens (tertiary/aromatic N) is 4. The average molecular weight is 489 g/mol. The van der Waals surface area contributed by atoms with Crippen molar-refractivity contribution >= 4 is 5.82 Å². The molecule has 1 aromatic carbocycles. The van der Waals surface area contributed by atoms with E-state index >= 15 is 0 Å². The minimum absolute atomic E-state index is 0.0627. The quantitative estimate of drug-likeness (QED) is 0.342. The van der Waals surface area contributed by atoms with Crippen molar-refractivity contribution < 1.29 is 8.91 Å². The molecule has 1 fully saturated rings. The summed E-state index contributed by atoms with van der Waals surface area (Å²) >= 11 is 0. The summed E-state index contributed by atoms with van der Waals surface area (Å²) in [4.78, 5) is 21.3. The Hall–Kier alpha value is -3.85. The van der Waals surface area contributed by atoms with Crippen LogP contribution in [0.4, 0.5) is 10.2 Å². The molecule has 0 radical (unpaired) electrons. The molecule has 0 amide bonds. The minimum Gasteiger partial charge on any atom is -0.382 e. The first-order chi connectivity index (χ1) is 17.5. The molecule has 0 unspecified atom stereocenters. The van der Waals surface area contributed by atoms with E-state index < -0.39 is 0 Å². The molecule has 1 saturated carbocycles. The fraction of sp³-hybridized carbons (Fsp3) is 0.333. The van der Waals surface area contributed by atoms with E-state index in [2.05, 4.69) is 34.3 Å². The molecule has 0 atom stereocenters. The first kappa shape index (κ1) is 23.9. The molecule has 3 N–H and O–H groups in total. The van der Waals surface area contributed by atoms with Crippen LogP contribution in [0.25, 0.3) is 34.0 Å². The van der Waals surface area contributed by atoms with Crippen LogP contribution in [0.1, 0.15) is 51.1 Å². The lowest BCUT2D eigenvalue weighted by molar-refractivity contribution is 0.433. The fourth-order valence-corrected chi connectivity index (χ4v) is 4.28. The number of nitrogen functional groups attached to an aromatic ring is 1. The molecule has 3 heterocycles. The second-order valence-electron chi connectivity index (χ2n) is 9.17. The summed E-state index contributed by atoms with van der Waals surface area (Å²) in [6.07, 6.45) is 7.39. The third kappa shape index (κ3) is 4.92. The normalized spacial score (nSPS) is 13.4. The van der Waals surface area contributed by atoms with E-state index in [4.69, 9.17) is 10.3 Å². The molecule has 1 aliphatic rings. The van der Waals surface area contributed by atoms with Crippen LogP contribution in [-0.4, -0.2) is 25.7 Å². The Morgan fingerprint density at radius 3 is 2.69 bits per heavy atom. The van der Waals surface area contributed by atoms with Crippen LogP contribution in [0.15, 0.2) is 58.1 Å². The maximum absolute atomic E-state index is 14.9. The van der Waals surface area contributed by atoms with Crippen LogP contribution in [0, 0.1) is 5.82 Å². The molecule has 9 heteroatoms. The second-order valence-corrected chi connectivity index (χ2v) is 9.17. The predicted octanol–water partition coefficient (Wildman–Crippen LogP) is 4.96. The number of pyridine rings is 1. The third-order valence-electron chi connectivity index (χ3n) is 6.60. The van der Waals surface area contributed by atoms with Crippen molar-refractivity contribution in [3.63, 3.8) is 0 Å². The van der Waals surface area contributed by atoms with Gasteiger partial charge in [0, 0.05) is 48.1 Å². The first-order valence-electron chi connectivity index (χ1n) is 12.3.